The summed E-state index contributed by atoms with van der Waals surface area (Å²) in [6.45, 7) is 4.10. The number of aromatic hydroxyl groups is 1. The average molecular weight is 476 g/mol. The van der Waals surface area contributed by atoms with Crippen LogP contribution in [0, 0.1) is 0 Å². The van der Waals surface area contributed by atoms with Crippen LogP contribution < -0.4 is 14.2 Å². The molecule has 0 amide bonds. The minimum absolute atomic E-state index is 0.0654. The van der Waals surface area contributed by atoms with E-state index in [1.165, 1.54) is 32.4 Å². The van der Waals surface area contributed by atoms with Crippen molar-refractivity contribution in [3.63, 3.8) is 0 Å². The van der Waals surface area contributed by atoms with Gasteiger partial charge in [0, 0.05) is 18.7 Å². The fourth-order valence-electron chi connectivity index (χ4n) is 5.31. The van der Waals surface area contributed by atoms with Crippen LogP contribution in [0.5, 0.6) is 23.0 Å². The van der Waals surface area contributed by atoms with Crippen molar-refractivity contribution >= 4 is 0 Å². The smallest absolute Gasteiger partial charge is 0.133 e. The standard InChI is InChI=1S/C29H33NO5/c1-33-24-18-26(31)28-27(19-24)35-20-25(21-8-4-2-5-9-21)29(28,32)22-10-12-23(13-11-22)34-17-16-30-14-6-3-7-15-30/h2,4-5,8-13,18-19,25,31-32H,3,6-7,14-17,20H2,1H3. The third-order valence-corrected chi connectivity index (χ3v) is 7.20. The van der Waals surface area contributed by atoms with E-state index in [0.29, 0.717) is 29.2 Å². The van der Waals surface area contributed by atoms with Crippen molar-refractivity contribution in [1.29, 1.82) is 0 Å². The maximum absolute atomic E-state index is 12.4. The molecule has 2 aliphatic heterocycles. The first-order valence-electron chi connectivity index (χ1n) is 12.4. The predicted molar refractivity (Wildman–Crippen MR) is 135 cm³/mol. The van der Waals surface area contributed by atoms with Crippen LogP contribution in [-0.2, 0) is 5.60 Å². The van der Waals surface area contributed by atoms with Gasteiger partial charge in [0.25, 0.3) is 0 Å². The number of methoxy groups -OCH3 is 1. The maximum Gasteiger partial charge on any atom is 0.133 e. The molecule has 5 rings (SSSR count). The van der Waals surface area contributed by atoms with Crippen LogP contribution in [0.4, 0.5) is 0 Å². The van der Waals surface area contributed by atoms with E-state index >= 15 is 0 Å². The first-order valence-corrected chi connectivity index (χ1v) is 12.4. The summed E-state index contributed by atoms with van der Waals surface area (Å²) in [6.07, 6.45) is 3.85. The van der Waals surface area contributed by atoms with Gasteiger partial charge in [-0.2, -0.15) is 0 Å². The highest BCUT2D eigenvalue weighted by Crippen LogP contribution is 2.53. The average Bonchev–Trinajstić information content (AvgIpc) is 2.90. The number of benzene rings is 3. The summed E-state index contributed by atoms with van der Waals surface area (Å²) in [5.74, 6) is 1.17. The van der Waals surface area contributed by atoms with Gasteiger partial charge in [0.1, 0.15) is 35.2 Å². The van der Waals surface area contributed by atoms with Crippen molar-refractivity contribution in [3.05, 3.63) is 83.4 Å². The summed E-state index contributed by atoms with van der Waals surface area (Å²) in [7, 11) is 1.53. The van der Waals surface area contributed by atoms with Gasteiger partial charge in [-0.05, 0) is 49.2 Å². The number of phenols is 1. The topological polar surface area (TPSA) is 71.4 Å². The van der Waals surface area contributed by atoms with Crippen molar-refractivity contribution in [2.75, 3.05) is 40.0 Å². The molecular formula is C29H33NO5. The van der Waals surface area contributed by atoms with E-state index in [4.69, 9.17) is 14.2 Å². The molecule has 1 saturated heterocycles. The van der Waals surface area contributed by atoms with Gasteiger partial charge < -0.3 is 24.4 Å². The Labute approximate surface area is 206 Å². The Morgan fingerprint density at radius 3 is 2.43 bits per heavy atom. The Hall–Kier alpha value is -3.22. The number of nitrogens with zero attached hydrogens (tertiary/aromatic N) is 1. The molecule has 2 aliphatic rings. The Morgan fingerprint density at radius 1 is 0.971 bits per heavy atom. The molecule has 0 saturated carbocycles. The molecule has 2 atom stereocenters. The van der Waals surface area contributed by atoms with E-state index in [2.05, 4.69) is 4.90 Å². The summed E-state index contributed by atoms with van der Waals surface area (Å²) in [5.41, 5.74) is 0.437. The van der Waals surface area contributed by atoms with Crippen molar-refractivity contribution < 1.29 is 24.4 Å². The molecule has 0 aromatic heterocycles. The van der Waals surface area contributed by atoms with Crippen LogP contribution >= 0.6 is 0 Å². The quantitative estimate of drug-likeness (QED) is 0.517. The monoisotopic (exact) mass is 475 g/mol. The Balaban J connectivity index is 1.45. The molecule has 0 spiro atoms. The van der Waals surface area contributed by atoms with Crippen LogP contribution in [0.25, 0.3) is 0 Å². The normalized spacial score (nSPS) is 22.2. The number of fused-ring (bicyclic) bond motifs is 1. The molecule has 2 heterocycles. The van der Waals surface area contributed by atoms with Crippen molar-refractivity contribution in [3.8, 4) is 23.0 Å². The van der Waals surface area contributed by atoms with E-state index in [9.17, 15) is 10.2 Å². The molecule has 2 N–H and O–H groups in total. The SMILES string of the molecule is COc1cc(O)c2c(c1)OCC(c1ccccc1)C2(O)c1ccc(OCCN2CCCCC2)cc1. The van der Waals surface area contributed by atoms with Gasteiger partial charge in [-0.1, -0.05) is 48.9 Å². The second-order valence-corrected chi connectivity index (χ2v) is 9.34. The third-order valence-electron chi connectivity index (χ3n) is 7.20. The molecule has 0 aliphatic carbocycles. The highest BCUT2D eigenvalue weighted by molar-refractivity contribution is 5.59. The van der Waals surface area contributed by atoms with Crippen LogP contribution in [0.2, 0.25) is 0 Å². The first kappa shape index (κ1) is 23.5. The number of rotatable bonds is 7. The molecule has 184 valence electrons. The summed E-state index contributed by atoms with van der Waals surface area (Å²) in [4.78, 5) is 2.45. The first-order chi connectivity index (χ1) is 17.1. The lowest BCUT2D eigenvalue weighted by atomic mass is 9.71. The molecule has 1 fully saturated rings. The van der Waals surface area contributed by atoms with Gasteiger partial charge in [-0.25, -0.2) is 0 Å². The Morgan fingerprint density at radius 2 is 1.71 bits per heavy atom. The zero-order valence-corrected chi connectivity index (χ0v) is 20.2. The fraction of sp³-hybridized carbons (Fsp3) is 0.379. The molecule has 6 nitrogen and oxygen atoms in total. The lowest BCUT2D eigenvalue weighted by Crippen LogP contribution is -2.41. The van der Waals surface area contributed by atoms with Gasteiger partial charge >= 0.3 is 0 Å². The number of aliphatic hydroxyl groups is 1. The van der Waals surface area contributed by atoms with E-state index < -0.39 is 11.5 Å². The van der Waals surface area contributed by atoms with Crippen LogP contribution in [-0.4, -0.2) is 55.1 Å². The number of ether oxygens (including phenoxy) is 3. The van der Waals surface area contributed by atoms with Crippen molar-refractivity contribution in [2.24, 2.45) is 0 Å². The Kier molecular flexibility index (Phi) is 6.84. The second-order valence-electron chi connectivity index (χ2n) is 9.34. The lowest BCUT2D eigenvalue weighted by molar-refractivity contribution is 0.00828. The van der Waals surface area contributed by atoms with Crippen molar-refractivity contribution in [2.45, 2.75) is 30.8 Å². The molecule has 2 unspecified atom stereocenters. The summed E-state index contributed by atoms with van der Waals surface area (Å²) in [6, 6.07) is 20.5. The van der Waals surface area contributed by atoms with Gasteiger partial charge in [0.05, 0.1) is 25.2 Å². The minimum Gasteiger partial charge on any atom is -0.507 e. The van der Waals surface area contributed by atoms with E-state index in [0.717, 1.165) is 30.9 Å². The summed E-state index contributed by atoms with van der Waals surface area (Å²) < 4.78 is 17.3. The number of hydrogen-bond donors (Lipinski definition) is 2. The highest BCUT2D eigenvalue weighted by Gasteiger charge is 2.48. The number of hydrogen-bond acceptors (Lipinski definition) is 6. The minimum atomic E-state index is -1.50. The molecular weight excluding hydrogens is 442 g/mol. The van der Waals surface area contributed by atoms with E-state index in [1.54, 1.807) is 6.07 Å². The van der Waals surface area contributed by atoms with E-state index in [-0.39, 0.29) is 12.4 Å². The van der Waals surface area contributed by atoms with Crippen LogP contribution in [0.3, 0.4) is 0 Å². The van der Waals surface area contributed by atoms with Gasteiger partial charge in [-0.3, -0.25) is 4.90 Å². The largest absolute Gasteiger partial charge is 0.507 e. The molecule has 3 aromatic rings. The second kappa shape index (κ2) is 10.2. The molecule has 6 heteroatoms. The highest BCUT2D eigenvalue weighted by atomic mass is 16.5. The van der Waals surface area contributed by atoms with Gasteiger partial charge in [-0.15, -0.1) is 0 Å². The number of likely N-dealkylation sites (tertiary alicyclic amines) is 1. The summed E-state index contributed by atoms with van der Waals surface area (Å²) in [5, 5.41) is 23.3. The zero-order valence-electron chi connectivity index (χ0n) is 20.2. The Bertz CT molecular complexity index is 1130. The molecule has 0 bridgehead atoms. The fourth-order valence-corrected chi connectivity index (χ4v) is 5.31. The molecule has 0 radical (unpaired) electrons. The third kappa shape index (κ3) is 4.68. The number of piperidine rings is 1. The van der Waals surface area contributed by atoms with Gasteiger partial charge in [0.2, 0.25) is 0 Å². The maximum atomic E-state index is 12.4. The number of phenolic OH excluding ortho intramolecular Hbond substituents is 1. The van der Waals surface area contributed by atoms with Crippen LogP contribution in [0.1, 0.15) is 41.9 Å². The molecule has 35 heavy (non-hydrogen) atoms. The zero-order chi connectivity index (χ0) is 24.3. The van der Waals surface area contributed by atoms with E-state index in [1.807, 2.05) is 54.6 Å². The summed E-state index contributed by atoms with van der Waals surface area (Å²) >= 11 is 0. The van der Waals surface area contributed by atoms with Gasteiger partial charge in [0.15, 0.2) is 0 Å². The predicted octanol–water partition coefficient (Wildman–Crippen LogP) is 4.68. The molecule has 3 aromatic carbocycles. The van der Waals surface area contributed by atoms with Crippen LogP contribution in [0.15, 0.2) is 66.7 Å². The van der Waals surface area contributed by atoms with Crippen molar-refractivity contribution in [1.82, 2.24) is 4.90 Å². The lowest BCUT2D eigenvalue weighted by Gasteiger charge is -2.42.